The third-order valence-corrected chi connectivity index (χ3v) is 4.26. The van der Waals surface area contributed by atoms with Gasteiger partial charge >= 0.3 is 12.0 Å². The van der Waals surface area contributed by atoms with E-state index in [2.05, 4.69) is 10.6 Å². The summed E-state index contributed by atoms with van der Waals surface area (Å²) in [6.07, 6.45) is 13.4. The van der Waals surface area contributed by atoms with Crippen LogP contribution in [0.25, 0.3) is 0 Å². The van der Waals surface area contributed by atoms with Gasteiger partial charge in [0.25, 0.3) is 7.11 Å². The fourth-order valence-corrected chi connectivity index (χ4v) is 3.02. The Labute approximate surface area is 137 Å². The number of carboxylic acids is 2. The topological polar surface area (TPSA) is 113 Å². The van der Waals surface area contributed by atoms with Gasteiger partial charge in [-0.25, -0.2) is 9.22 Å². The summed E-state index contributed by atoms with van der Waals surface area (Å²) in [5, 5.41) is 23.4. The van der Waals surface area contributed by atoms with Crippen molar-refractivity contribution in [3.63, 3.8) is 0 Å². The van der Waals surface area contributed by atoms with Crippen molar-refractivity contribution in [2.24, 2.45) is 0 Å². The molecule has 0 aromatic rings. The van der Waals surface area contributed by atoms with Crippen molar-refractivity contribution in [1.82, 2.24) is 10.6 Å². The van der Waals surface area contributed by atoms with E-state index in [0.717, 1.165) is 6.03 Å². The Bertz CT molecular complexity index is 365. The molecule has 0 unspecified atom stereocenters. The number of hydrogen-bond donors (Lipinski definition) is 3. The number of rotatable bonds is 2. The third kappa shape index (κ3) is 8.42. The van der Waals surface area contributed by atoms with Crippen molar-refractivity contribution in [2.45, 2.75) is 76.3 Å². The SMILES string of the molecule is C[O+]=C(NC1CCCCC1)NC1CCCCC1.O=C([O-])C(=O)O. The van der Waals surface area contributed by atoms with E-state index in [1.807, 2.05) is 0 Å². The number of carboxylic acid groups (broad SMARTS) is 2. The van der Waals surface area contributed by atoms with Gasteiger partial charge in [-0.2, -0.15) is 0 Å². The fourth-order valence-electron chi connectivity index (χ4n) is 3.02. The number of urea groups is 1. The van der Waals surface area contributed by atoms with E-state index >= 15 is 0 Å². The van der Waals surface area contributed by atoms with Crippen molar-refractivity contribution >= 4 is 18.0 Å². The molecule has 7 nitrogen and oxygen atoms in total. The van der Waals surface area contributed by atoms with E-state index in [9.17, 15) is 0 Å². The number of amides is 2. The average Bonchev–Trinajstić information content (AvgIpc) is 2.56. The lowest BCUT2D eigenvalue weighted by Crippen LogP contribution is -2.47. The summed E-state index contributed by atoms with van der Waals surface area (Å²) in [7, 11) is 1.76. The Morgan fingerprint density at radius 3 is 1.52 bits per heavy atom. The highest BCUT2D eigenvalue weighted by Gasteiger charge is 2.23. The highest BCUT2D eigenvalue weighted by Crippen LogP contribution is 2.19. The van der Waals surface area contributed by atoms with E-state index in [0.29, 0.717) is 12.1 Å². The molecule has 0 atom stereocenters. The summed E-state index contributed by atoms with van der Waals surface area (Å²) in [4.78, 5) is 18.0. The van der Waals surface area contributed by atoms with Gasteiger partial charge in [-0.15, -0.1) is 0 Å². The predicted octanol–water partition coefficient (Wildman–Crippen LogP) is 0.937. The Morgan fingerprint density at radius 1 is 0.913 bits per heavy atom. The number of aliphatic carboxylic acids is 2. The van der Waals surface area contributed by atoms with Crippen molar-refractivity contribution in [3.8, 4) is 0 Å². The molecular weight excluding hydrogens is 300 g/mol. The van der Waals surface area contributed by atoms with Crippen molar-refractivity contribution in [3.05, 3.63) is 0 Å². The zero-order valence-electron chi connectivity index (χ0n) is 13.8. The van der Waals surface area contributed by atoms with E-state index in [1.54, 1.807) is 7.11 Å². The molecule has 3 N–H and O–H groups in total. The van der Waals surface area contributed by atoms with Crippen LogP contribution in [-0.2, 0) is 9.59 Å². The van der Waals surface area contributed by atoms with Crippen LogP contribution in [0, 0.1) is 0 Å². The first kappa shape index (κ1) is 19.3. The first-order valence-corrected chi connectivity index (χ1v) is 8.41. The zero-order valence-corrected chi connectivity index (χ0v) is 13.8. The average molecular weight is 328 g/mol. The van der Waals surface area contributed by atoms with Gasteiger partial charge in [0.15, 0.2) is 5.97 Å². The second-order valence-electron chi connectivity index (χ2n) is 6.08. The fraction of sp³-hybridized carbons (Fsp3) is 0.812. The molecule has 2 amide bonds. The monoisotopic (exact) mass is 328 g/mol. The maximum atomic E-state index is 9.04. The minimum atomic E-state index is -2.07. The molecule has 0 saturated heterocycles. The summed E-state index contributed by atoms with van der Waals surface area (Å²) in [6, 6.07) is 2.15. The van der Waals surface area contributed by atoms with Crippen LogP contribution >= 0.6 is 0 Å². The summed E-state index contributed by atoms with van der Waals surface area (Å²) < 4.78 is 5.45. The van der Waals surface area contributed by atoms with E-state index < -0.39 is 11.9 Å². The molecule has 23 heavy (non-hydrogen) atoms. The minimum Gasteiger partial charge on any atom is -0.539 e. The molecular formula is C16H28N2O5. The maximum Gasteiger partial charge on any atom is 0.499 e. The number of carbonyl (C=O) groups is 2. The molecule has 2 saturated carbocycles. The lowest BCUT2D eigenvalue weighted by molar-refractivity contribution is -0.303. The largest absolute Gasteiger partial charge is 0.539 e. The van der Waals surface area contributed by atoms with Crippen LogP contribution in [0.5, 0.6) is 0 Å². The van der Waals surface area contributed by atoms with Crippen LogP contribution < -0.4 is 15.7 Å². The Kier molecular flexibility index (Phi) is 9.09. The molecule has 0 aromatic carbocycles. The molecule has 0 aromatic heterocycles. The standard InChI is InChI=1S/C14H27N2O.C2H2O4/c1-17-14(15-12-8-4-2-5-9-12)16-13-10-6-3-7-11-13;3-1(4)2(5)6/h12-13,15-16H,2-11H2,1H3;(H,3,4)(H,5,6)/q+1;/p-1. The van der Waals surface area contributed by atoms with Crippen LogP contribution in [0.15, 0.2) is 0 Å². The summed E-state index contributed by atoms with van der Waals surface area (Å²) in [5.74, 6) is -4.01. The van der Waals surface area contributed by atoms with Gasteiger partial charge in [-0.1, -0.05) is 38.5 Å². The van der Waals surface area contributed by atoms with Crippen molar-refractivity contribution < 1.29 is 24.2 Å². The lowest BCUT2D eigenvalue weighted by atomic mass is 9.95. The normalized spacial score (nSPS) is 19.0. The van der Waals surface area contributed by atoms with Crippen molar-refractivity contribution in [2.75, 3.05) is 7.11 Å². The molecule has 2 aliphatic rings. The molecule has 0 spiro atoms. The quantitative estimate of drug-likeness (QED) is 0.517. The van der Waals surface area contributed by atoms with E-state index in [1.165, 1.54) is 64.2 Å². The van der Waals surface area contributed by atoms with Crippen molar-refractivity contribution in [1.29, 1.82) is 0 Å². The smallest absolute Gasteiger partial charge is 0.499 e. The number of hydrogen-bond acceptors (Lipinski definition) is 3. The molecule has 2 fully saturated rings. The molecule has 0 bridgehead atoms. The summed E-state index contributed by atoms with van der Waals surface area (Å²) >= 11 is 0. The summed E-state index contributed by atoms with van der Waals surface area (Å²) in [5.41, 5.74) is 0. The molecule has 132 valence electrons. The summed E-state index contributed by atoms with van der Waals surface area (Å²) in [6.45, 7) is 0. The van der Waals surface area contributed by atoms with Gasteiger partial charge in [0.2, 0.25) is 0 Å². The minimum absolute atomic E-state index is 0.620. The van der Waals surface area contributed by atoms with Crippen LogP contribution in [0.2, 0.25) is 0 Å². The first-order chi connectivity index (χ1) is 11.0. The van der Waals surface area contributed by atoms with Gasteiger partial charge in [0, 0.05) is 12.1 Å². The van der Waals surface area contributed by atoms with Gasteiger partial charge in [0.1, 0.15) is 0 Å². The Morgan fingerprint density at radius 2 is 1.26 bits per heavy atom. The van der Waals surface area contributed by atoms with Gasteiger partial charge in [-0.3, -0.25) is 10.6 Å². The third-order valence-electron chi connectivity index (χ3n) is 4.26. The number of nitrogens with one attached hydrogen (secondary N) is 2. The molecule has 0 aliphatic heterocycles. The first-order valence-electron chi connectivity index (χ1n) is 8.41. The van der Waals surface area contributed by atoms with Crippen LogP contribution in [0.3, 0.4) is 0 Å². The highest BCUT2D eigenvalue weighted by molar-refractivity contribution is 6.26. The second-order valence-corrected chi connectivity index (χ2v) is 6.08. The van der Waals surface area contributed by atoms with Gasteiger partial charge in [0.05, 0.1) is 0 Å². The van der Waals surface area contributed by atoms with Crippen LogP contribution in [-0.4, -0.2) is 42.3 Å². The molecule has 0 radical (unpaired) electrons. The number of carbonyl (C=O) groups excluding carboxylic acids is 2. The second kappa shape index (κ2) is 10.9. The Hall–Kier alpha value is -1.79. The lowest BCUT2D eigenvalue weighted by Gasteiger charge is -2.24. The van der Waals surface area contributed by atoms with Gasteiger partial charge < -0.3 is 15.0 Å². The predicted molar refractivity (Wildman–Crippen MR) is 84.0 cm³/mol. The van der Waals surface area contributed by atoms with Gasteiger partial charge in [-0.05, 0) is 25.7 Å². The molecule has 7 heteroatoms. The Balaban J connectivity index is 0.000000379. The van der Waals surface area contributed by atoms with Crippen LogP contribution in [0.1, 0.15) is 64.2 Å². The molecule has 2 rings (SSSR count). The zero-order chi connectivity index (χ0) is 17.1. The van der Waals surface area contributed by atoms with E-state index in [4.69, 9.17) is 24.2 Å². The van der Waals surface area contributed by atoms with Crippen LogP contribution in [0.4, 0.5) is 4.42 Å². The maximum absolute atomic E-state index is 9.04. The highest BCUT2D eigenvalue weighted by atomic mass is 16.4. The van der Waals surface area contributed by atoms with E-state index in [-0.39, 0.29) is 0 Å². The molecule has 0 heterocycles. The molecule has 2 aliphatic carbocycles.